The van der Waals surface area contributed by atoms with E-state index in [0.717, 1.165) is 5.56 Å². The maximum atomic E-state index is 10.5. The van der Waals surface area contributed by atoms with E-state index in [1.165, 1.54) is 0 Å². The van der Waals surface area contributed by atoms with E-state index < -0.39 is 16.3 Å². The van der Waals surface area contributed by atoms with Crippen LogP contribution in [-0.4, -0.2) is 13.0 Å². The first-order valence-corrected chi connectivity index (χ1v) is 5.70. The minimum Gasteiger partial charge on any atom is -0.273 e. The number of rotatable bonds is 3. The van der Waals surface area contributed by atoms with Gasteiger partial charge in [-0.05, 0) is 24.6 Å². The van der Waals surface area contributed by atoms with E-state index in [0.29, 0.717) is 5.02 Å². The zero-order chi connectivity index (χ0) is 10.8. The Morgan fingerprint density at radius 1 is 1.36 bits per heavy atom. The second-order valence-electron chi connectivity index (χ2n) is 2.87. The third kappa shape index (κ3) is 3.63. The molecule has 6 heteroatoms. The highest BCUT2D eigenvalue weighted by atomic mass is 35.5. The van der Waals surface area contributed by atoms with Crippen molar-refractivity contribution >= 4 is 21.9 Å². The van der Waals surface area contributed by atoms with E-state index in [4.69, 9.17) is 16.2 Å². The molecule has 1 aromatic rings. The zero-order valence-corrected chi connectivity index (χ0v) is 9.01. The normalized spacial score (nSPS) is 13.9. The van der Waals surface area contributed by atoms with E-state index in [1.807, 2.05) is 4.72 Å². The first-order chi connectivity index (χ1) is 6.38. The molecule has 14 heavy (non-hydrogen) atoms. The molecule has 0 saturated heterocycles. The standard InChI is InChI=1S/C8H10ClNO3S/c1-6(10-14(11,12)13)7-2-4-8(9)5-3-7/h2-6,10H,1H3,(H,11,12,13). The largest absolute Gasteiger partial charge is 0.333 e. The Balaban J connectivity index is 2.80. The summed E-state index contributed by atoms with van der Waals surface area (Å²) in [4.78, 5) is 0. The van der Waals surface area contributed by atoms with Crippen LogP contribution < -0.4 is 4.72 Å². The van der Waals surface area contributed by atoms with Gasteiger partial charge in [0, 0.05) is 11.1 Å². The van der Waals surface area contributed by atoms with Crippen molar-refractivity contribution in [3.05, 3.63) is 34.9 Å². The number of nitrogens with one attached hydrogen (secondary N) is 1. The minimum absolute atomic E-state index is 0.484. The van der Waals surface area contributed by atoms with Crippen molar-refractivity contribution in [2.45, 2.75) is 13.0 Å². The van der Waals surface area contributed by atoms with Gasteiger partial charge in [-0.2, -0.15) is 13.1 Å². The second kappa shape index (κ2) is 4.27. The molecule has 1 unspecified atom stereocenters. The number of hydrogen-bond donors (Lipinski definition) is 2. The minimum atomic E-state index is -4.16. The summed E-state index contributed by atoms with van der Waals surface area (Å²) in [5.41, 5.74) is 0.729. The molecular weight excluding hydrogens is 226 g/mol. The van der Waals surface area contributed by atoms with Crippen LogP contribution in [0.2, 0.25) is 5.02 Å². The molecule has 1 atom stereocenters. The van der Waals surface area contributed by atoms with Gasteiger partial charge in [0.25, 0.3) is 0 Å². The highest BCUT2D eigenvalue weighted by molar-refractivity contribution is 7.83. The van der Waals surface area contributed by atoms with Gasteiger partial charge in [-0.25, -0.2) is 0 Å². The fraction of sp³-hybridized carbons (Fsp3) is 0.250. The molecule has 0 radical (unpaired) electrons. The van der Waals surface area contributed by atoms with Crippen LogP contribution in [0, 0.1) is 0 Å². The molecule has 1 aromatic carbocycles. The molecule has 0 heterocycles. The van der Waals surface area contributed by atoms with Crippen LogP contribution in [0.4, 0.5) is 0 Å². The van der Waals surface area contributed by atoms with Gasteiger partial charge < -0.3 is 0 Å². The summed E-state index contributed by atoms with van der Waals surface area (Å²) < 4.78 is 31.6. The molecule has 0 amide bonds. The lowest BCUT2D eigenvalue weighted by Gasteiger charge is -2.11. The number of benzene rings is 1. The molecule has 4 nitrogen and oxygen atoms in total. The molecule has 0 bridgehead atoms. The Labute approximate surface area is 87.8 Å². The molecule has 0 aromatic heterocycles. The summed E-state index contributed by atoms with van der Waals surface area (Å²) in [6, 6.07) is 6.19. The molecule has 0 aliphatic heterocycles. The maximum Gasteiger partial charge on any atom is 0.333 e. The molecule has 0 fully saturated rings. The van der Waals surface area contributed by atoms with Crippen LogP contribution in [0.15, 0.2) is 24.3 Å². The predicted octanol–water partition coefficient (Wildman–Crippen LogP) is 1.79. The topological polar surface area (TPSA) is 66.4 Å². The summed E-state index contributed by atoms with van der Waals surface area (Å²) >= 11 is 5.66. The van der Waals surface area contributed by atoms with Crippen LogP contribution in [0.1, 0.15) is 18.5 Å². The fourth-order valence-corrected chi connectivity index (χ4v) is 1.75. The van der Waals surface area contributed by atoms with E-state index >= 15 is 0 Å². The van der Waals surface area contributed by atoms with Crippen molar-refractivity contribution in [2.24, 2.45) is 0 Å². The Morgan fingerprint density at radius 3 is 2.29 bits per heavy atom. The lowest BCUT2D eigenvalue weighted by atomic mass is 10.1. The van der Waals surface area contributed by atoms with Crippen LogP contribution in [-0.2, 0) is 10.3 Å². The van der Waals surface area contributed by atoms with Crippen LogP contribution in [0.3, 0.4) is 0 Å². The van der Waals surface area contributed by atoms with Gasteiger partial charge in [-0.3, -0.25) is 4.55 Å². The van der Waals surface area contributed by atoms with Gasteiger partial charge in [0.15, 0.2) is 0 Å². The van der Waals surface area contributed by atoms with E-state index in [9.17, 15) is 8.42 Å². The van der Waals surface area contributed by atoms with Gasteiger partial charge >= 0.3 is 10.3 Å². The lowest BCUT2D eigenvalue weighted by molar-refractivity contribution is 0.458. The van der Waals surface area contributed by atoms with E-state index in [2.05, 4.69) is 0 Å². The number of halogens is 1. The van der Waals surface area contributed by atoms with Gasteiger partial charge in [0.05, 0.1) is 0 Å². The first-order valence-electron chi connectivity index (χ1n) is 3.89. The molecule has 2 N–H and O–H groups in total. The van der Waals surface area contributed by atoms with Crippen molar-refractivity contribution in [3.63, 3.8) is 0 Å². The fourth-order valence-electron chi connectivity index (χ4n) is 1.04. The molecule has 0 aliphatic rings. The van der Waals surface area contributed by atoms with Crippen molar-refractivity contribution in [1.82, 2.24) is 4.72 Å². The Kier molecular flexibility index (Phi) is 3.49. The molecule has 0 saturated carbocycles. The van der Waals surface area contributed by atoms with Crippen LogP contribution >= 0.6 is 11.6 Å². The van der Waals surface area contributed by atoms with Gasteiger partial charge in [0.1, 0.15) is 0 Å². The van der Waals surface area contributed by atoms with Gasteiger partial charge in [-0.15, -0.1) is 0 Å². The molecule has 0 aliphatic carbocycles. The average Bonchev–Trinajstić information content (AvgIpc) is 2.02. The van der Waals surface area contributed by atoms with E-state index in [-0.39, 0.29) is 0 Å². The smallest absolute Gasteiger partial charge is 0.273 e. The van der Waals surface area contributed by atoms with Crippen molar-refractivity contribution < 1.29 is 13.0 Å². The quantitative estimate of drug-likeness (QED) is 0.785. The Morgan fingerprint density at radius 2 is 1.86 bits per heavy atom. The predicted molar refractivity (Wildman–Crippen MR) is 54.6 cm³/mol. The van der Waals surface area contributed by atoms with Crippen molar-refractivity contribution in [2.75, 3.05) is 0 Å². The first kappa shape index (κ1) is 11.5. The maximum absolute atomic E-state index is 10.5. The van der Waals surface area contributed by atoms with Gasteiger partial charge in [0.2, 0.25) is 0 Å². The van der Waals surface area contributed by atoms with Gasteiger partial charge in [-0.1, -0.05) is 23.7 Å². The number of hydrogen-bond acceptors (Lipinski definition) is 2. The molecular formula is C8H10ClNO3S. The summed E-state index contributed by atoms with van der Waals surface area (Å²) in [5.74, 6) is 0. The third-order valence-electron chi connectivity index (χ3n) is 1.70. The molecule has 78 valence electrons. The zero-order valence-electron chi connectivity index (χ0n) is 7.44. The lowest BCUT2D eigenvalue weighted by Crippen LogP contribution is -2.25. The average molecular weight is 236 g/mol. The SMILES string of the molecule is CC(NS(=O)(=O)O)c1ccc(Cl)cc1. The van der Waals surface area contributed by atoms with E-state index in [1.54, 1.807) is 31.2 Å². The van der Waals surface area contributed by atoms with Crippen LogP contribution in [0.25, 0.3) is 0 Å². The summed E-state index contributed by atoms with van der Waals surface area (Å²) in [7, 11) is -4.16. The summed E-state index contributed by atoms with van der Waals surface area (Å²) in [6.07, 6.45) is 0. The second-order valence-corrected chi connectivity index (χ2v) is 4.49. The van der Waals surface area contributed by atoms with Crippen molar-refractivity contribution in [1.29, 1.82) is 0 Å². The van der Waals surface area contributed by atoms with Crippen LogP contribution in [0.5, 0.6) is 0 Å². The molecule has 1 rings (SSSR count). The van der Waals surface area contributed by atoms with Crippen molar-refractivity contribution in [3.8, 4) is 0 Å². The Bertz CT molecular complexity index is 401. The Hall–Kier alpha value is -0.620. The molecule has 0 spiro atoms. The highest BCUT2D eigenvalue weighted by Gasteiger charge is 2.11. The monoisotopic (exact) mass is 235 g/mol. The highest BCUT2D eigenvalue weighted by Crippen LogP contribution is 2.16. The third-order valence-corrected chi connectivity index (χ3v) is 2.60. The summed E-state index contributed by atoms with van der Waals surface area (Å²) in [6.45, 7) is 1.62. The summed E-state index contributed by atoms with van der Waals surface area (Å²) in [5, 5.41) is 0.577.